The van der Waals surface area contributed by atoms with Crippen molar-refractivity contribution in [2.75, 3.05) is 14.1 Å². The summed E-state index contributed by atoms with van der Waals surface area (Å²) in [6, 6.07) is 11.4. The summed E-state index contributed by atoms with van der Waals surface area (Å²) in [5.41, 5.74) is 1.69. The monoisotopic (exact) mass is 399 g/mol. The van der Waals surface area contributed by atoms with Crippen LogP contribution in [0.1, 0.15) is 40.1 Å². The van der Waals surface area contributed by atoms with Crippen molar-refractivity contribution in [3.8, 4) is 0 Å². The third-order valence-corrected chi connectivity index (χ3v) is 4.56. The second-order valence-electron chi connectivity index (χ2n) is 7.17. The topological polar surface area (TPSA) is 78.5 Å². The molecular formula is C22H26FN3O3. The molecule has 0 heterocycles. The van der Waals surface area contributed by atoms with E-state index < -0.39 is 17.8 Å². The van der Waals surface area contributed by atoms with Gasteiger partial charge in [-0.1, -0.05) is 26.0 Å². The van der Waals surface area contributed by atoms with E-state index in [1.807, 2.05) is 13.8 Å². The molecule has 3 amide bonds. The standard InChI is InChI=1S/C22H26FN3O3/c1-14(2)19(25-21(28)17-9-11-18(23)12-10-17)22(29)26(4)13-15-5-7-16(8-6-15)20(27)24-3/h5-12,14,19H,13H2,1-4H3,(H,24,27)(H,25,28)/t19-/m0/s1. The molecule has 0 fully saturated rings. The summed E-state index contributed by atoms with van der Waals surface area (Å²) in [5, 5.41) is 5.30. The lowest BCUT2D eigenvalue weighted by Gasteiger charge is -2.27. The Bertz CT molecular complexity index is 864. The Morgan fingerprint density at radius 2 is 1.45 bits per heavy atom. The normalized spacial score (nSPS) is 11.7. The highest BCUT2D eigenvalue weighted by atomic mass is 19.1. The molecule has 7 heteroatoms. The van der Waals surface area contributed by atoms with Gasteiger partial charge >= 0.3 is 0 Å². The zero-order valence-electron chi connectivity index (χ0n) is 17.0. The van der Waals surface area contributed by atoms with Crippen LogP contribution in [0.3, 0.4) is 0 Å². The van der Waals surface area contributed by atoms with Crippen molar-refractivity contribution in [3.63, 3.8) is 0 Å². The molecule has 0 saturated carbocycles. The number of carbonyl (C=O) groups is 3. The van der Waals surface area contributed by atoms with Gasteiger partial charge in [0, 0.05) is 31.8 Å². The Balaban J connectivity index is 2.06. The zero-order valence-corrected chi connectivity index (χ0v) is 17.0. The van der Waals surface area contributed by atoms with Crippen molar-refractivity contribution in [2.45, 2.75) is 26.4 Å². The van der Waals surface area contributed by atoms with Gasteiger partial charge in [0.25, 0.3) is 11.8 Å². The van der Waals surface area contributed by atoms with Gasteiger partial charge in [-0.3, -0.25) is 14.4 Å². The maximum Gasteiger partial charge on any atom is 0.251 e. The second-order valence-corrected chi connectivity index (χ2v) is 7.17. The van der Waals surface area contributed by atoms with Crippen LogP contribution in [0.5, 0.6) is 0 Å². The van der Waals surface area contributed by atoms with Gasteiger partial charge in [-0.2, -0.15) is 0 Å². The first kappa shape index (κ1) is 22.1. The molecule has 1 atom stereocenters. The highest BCUT2D eigenvalue weighted by Crippen LogP contribution is 2.12. The minimum atomic E-state index is -0.720. The summed E-state index contributed by atoms with van der Waals surface area (Å²) >= 11 is 0. The van der Waals surface area contributed by atoms with E-state index in [4.69, 9.17) is 0 Å². The van der Waals surface area contributed by atoms with Crippen molar-refractivity contribution >= 4 is 17.7 Å². The van der Waals surface area contributed by atoms with Gasteiger partial charge in [-0.05, 0) is 47.9 Å². The smallest absolute Gasteiger partial charge is 0.251 e. The number of halogens is 1. The molecule has 0 aliphatic carbocycles. The van der Waals surface area contributed by atoms with Crippen molar-refractivity contribution in [1.29, 1.82) is 0 Å². The Kier molecular flexibility index (Phi) is 7.47. The quantitative estimate of drug-likeness (QED) is 0.751. The number of hydrogen-bond acceptors (Lipinski definition) is 3. The molecule has 0 bridgehead atoms. The maximum atomic E-state index is 13.1. The number of nitrogens with one attached hydrogen (secondary N) is 2. The molecule has 0 aliphatic heterocycles. The number of nitrogens with zero attached hydrogens (tertiary/aromatic N) is 1. The van der Waals surface area contributed by atoms with Gasteiger partial charge in [-0.25, -0.2) is 4.39 Å². The maximum absolute atomic E-state index is 13.1. The van der Waals surface area contributed by atoms with Gasteiger partial charge in [-0.15, -0.1) is 0 Å². The molecular weight excluding hydrogens is 373 g/mol. The van der Waals surface area contributed by atoms with Gasteiger partial charge in [0.2, 0.25) is 5.91 Å². The van der Waals surface area contributed by atoms with Gasteiger partial charge < -0.3 is 15.5 Å². The second kappa shape index (κ2) is 9.82. The van der Waals surface area contributed by atoms with Crippen LogP contribution in [0.4, 0.5) is 4.39 Å². The van der Waals surface area contributed by atoms with E-state index in [9.17, 15) is 18.8 Å². The molecule has 29 heavy (non-hydrogen) atoms. The predicted octanol–water partition coefficient (Wildman–Crippen LogP) is 2.60. The first-order valence-corrected chi connectivity index (χ1v) is 9.35. The van der Waals surface area contributed by atoms with E-state index in [0.717, 1.165) is 5.56 Å². The van der Waals surface area contributed by atoms with Crippen LogP contribution in [-0.2, 0) is 11.3 Å². The predicted molar refractivity (Wildman–Crippen MR) is 109 cm³/mol. The van der Waals surface area contributed by atoms with E-state index in [0.29, 0.717) is 12.1 Å². The van der Waals surface area contributed by atoms with Crippen LogP contribution < -0.4 is 10.6 Å². The first-order valence-electron chi connectivity index (χ1n) is 9.35. The van der Waals surface area contributed by atoms with Crippen LogP contribution in [0.2, 0.25) is 0 Å². The Morgan fingerprint density at radius 3 is 1.97 bits per heavy atom. The molecule has 0 spiro atoms. The number of hydrogen-bond donors (Lipinski definition) is 2. The minimum Gasteiger partial charge on any atom is -0.355 e. The molecule has 2 N–H and O–H groups in total. The lowest BCUT2D eigenvalue weighted by molar-refractivity contribution is -0.133. The summed E-state index contributed by atoms with van der Waals surface area (Å²) in [7, 11) is 3.23. The lowest BCUT2D eigenvalue weighted by atomic mass is 10.0. The van der Waals surface area contributed by atoms with Crippen LogP contribution in [-0.4, -0.2) is 42.8 Å². The van der Waals surface area contributed by atoms with Crippen molar-refractivity contribution in [2.24, 2.45) is 5.92 Å². The summed E-state index contributed by atoms with van der Waals surface area (Å²) in [5.74, 6) is -1.40. The summed E-state index contributed by atoms with van der Waals surface area (Å²) in [4.78, 5) is 38.5. The molecule has 6 nitrogen and oxygen atoms in total. The molecule has 0 aliphatic rings. The molecule has 2 aromatic carbocycles. The number of benzene rings is 2. The van der Waals surface area contributed by atoms with E-state index in [-0.39, 0.29) is 23.3 Å². The fraction of sp³-hybridized carbons (Fsp3) is 0.318. The molecule has 154 valence electrons. The van der Waals surface area contributed by atoms with Crippen molar-refractivity contribution in [3.05, 3.63) is 71.0 Å². The molecule has 0 unspecified atom stereocenters. The van der Waals surface area contributed by atoms with E-state index in [1.165, 1.54) is 29.2 Å². The van der Waals surface area contributed by atoms with Crippen LogP contribution >= 0.6 is 0 Å². The number of rotatable bonds is 7. The molecule has 0 radical (unpaired) electrons. The largest absolute Gasteiger partial charge is 0.355 e. The Labute approximate surface area is 170 Å². The van der Waals surface area contributed by atoms with Crippen LogP contribution in [0.25, 0.3) is 0 Å². The lowest BCUT2D eigenvalue weighted by Crippen LogP contribution is -2.50. The zero-order chi connectivity index (χ0) is 21.6. The SMILES string of the molecule is CNC(=O)c1ccc(CN(C)C(=O)[C@@H](NC(=O)c2ccc(F)cc2)C(C)C)cc1. The van der Waals surface area contributed by atoms with E-state index >= 15 is 0 Å². The van der Waals surface area contributed by atoms with Gasteiger partial charge in [0.15, 0.2) is 0 Å². The highest BCUT2D eigenvalue weighted by molar-refractivity contribution is 5.97. The van der Waals surface area contributed by atoms with Crippen LogP contribution in [0, 0.1) is 11.7 Å². The Morgan fingerprint density at radius 1 is 0.931 bits per heavy atom. The molecule has 0 saturated heterocycles. The number of amides is 3. The average Bonchev–Trinajstić information content (AvgIpc) is 2.71. The van der Waals surface area contributed by atoms with Gasteiger partial charge in [0.05, 0.1) is 0 Å². The Hall–Kier alpha value is -3.22. The third kappa shape index (κ3) is 5.88. The number of carbonyl (C=O) groups excluding carboxylic acids is 3. The highest BCUT2D eigenvalue weighted by Gasteiger charge is 2.27. The summed E-state index contributed by atoms with van der Waals surface area (Å²) in [6.45, 7) is 4.03. The van der Waals surface area contributed by atoms with Gasteiger partial charge in [0.1, 0.15) is 11.9 Å². The van der Waals surface area contributed by atoms with Crippen LogP contribution in [0.15, 0.2) is 48.5 Å². The summed E-state index contributed by atoms with van der Waals surface area (Å²) < 4.78 is 13.1. The fourth-order valence-electron chi connectivity index (χ4n) is 2.83. The molecule has 0 aromatic heterocycles. The third-order valence-electron chi connectivity index (χ3n) is 4.56. The average molecular weight is 399 g/mol. The first-order chi connectivity index (χ1) is 13.7. The number of likely N-dealkylation sites (N-methyl/N-ethyl adjacent to an activating group) is 1. The summed E-state index contributed by atoms with van der Waals surface area (Å²) in [6.07, 6.45) is 0. The molecule has 2 rings (SSSR count). The van der Waals surface area contributed by atoms with E-state index in [1.54, 1.807) is 38.4 Å². The van der Waals surface area contributed by atoms with E-state index in [2.05, 4.69) is 10.6 Å². The minimum absolute atomic E-state index is 0.134. The molecule has 2 aromatic rings. The van der Waals surface area contributed by atoms with Crippen molar-refractivity contribution < 1.29 is 18.8 Å². The fourth-order valence-corrected chi connectivity index (χ4v) is 2.83. The van der Waals surface area contributed by atoms with Crippen molar-refractivity contribution in [1.82, 2.24) is 15.5 Å².